The highest BCUT2D eigenvalue weighted by molar-refractivity contribution is 6.09. The molecule has 3 aromatic carbocycles. The van der Waals surface area contributed by atoms with Crippen LogP contribution < -0.4 is 9.80 Å². The number of anilines is 2. The summed E-state index contributed by atoms with van der Waals surface area (Å²) >= 11 is 0. The third-order valence-electron chi connectivity index (χ3n) is 6.90. The Morgan fingerprint density at radius 3 is 2.47 bits per heavy atom. The Balaban J connectivity index is 1.55. The van der Waals surface area contributed by atoms with Gasteiger partial charge >= 0.3 is 0 Å². The van der Waals surface area contributed by atoms with Gasteiger partial charge in [0.2, 0.25) is 5.91 Å². The molecule has 2 atom stereocenters. The maximum atomic E-state index is 13.9. The van der Waals surface area contributed by atoms with Crippen molar-refractivity contribution in [1.82, 2.24) is 15.0 Å². The molecule has 0 radical (unpaired) electrons. The molecule has 2 heterocycles. The number of carbonyl (C=O) groups excluding carboxylic acids is 2. The van der Waals surface area contributed by atoms with E-state index < -0.39 is 0 Å². The van der Waals surface area contributed by atoms with Crippen LogP contribution >= 0.6 is 0 Å². The Hall–Kier alpha value is -4.00. The second-order valence-electron chi connectivity index (χ2n) is 9.62. The van der Waals surface area contributed by atoms with E-state index in [1.807, 2.05) is 101 Å². The van der Waals surface area contributed by atoms with Crippen LogP contribution in [0, 0.1) is 0 Å². The van der Waals surface area contributed by atoms with Gasteiger partial charge in [0.25, 0.3) is 5.91 Å². The fourth-order valence-corrected chi connectivity index (χ4v) is 5.19. The summed E-state index contributed by atoms with van der Waals surface area (Å²) in [7, 11) is 0. The molecule has 184 valence electrons. The van der Waals surface area contributed by atoms with E-state index in [9.17, 15) is 9.59 Å². The van der Waals surface area contributed by atoms with Crippen LogP contribution in [0.1, 0.15) is 68.5 Å². The van der Waals surface area contributed by atoms with Gasteiger partial charge in [0, 0.05) is 35.4 Å². The zero-order valence-corrected chi connectivity index (χ0v) is 21.1. The molecule has 0 aliphatic carbocycles. The van der Waals surface area contributed by atoms with Gasteiger partial charge in [0.05, 0.1) is 11.6 Å². The third-order valence-corrected chi connectivity index (χ3v) is 6.90. The number of fused-ring (bicyclic) bond motifs is 2. The number of hydrogen-bond acceptors (Lipinski definition) is 4. The zero-order valence-electron chi connectivity index (χ0n) is 21.1. The van der Waals surface area contributed by atoms with E-state index in [1.54, 1.807) is 0 Å². The Morgan fingerprint density at radius 2 is 1.75 bits per heavy atom. The van der Waals surface area contributed by atoms with Crippen molar-refractivity contribution in [2.75, 3.05) is 9.80 Å². The van der Waals surface area contributed by atoms with Crippen LogP contribution in [0.2, 0.25) is 0 Å². The van der Waals surface area contributed by atoms with Crippen molar-refractivity contribution in [3.05, 3.63) is 83.9 Å². The van der Waals surface area contributed by atoms with Gasteiger partial charge in [0.15, 0.2) is 0 Å². The second-order valence-corrected chi connectivity index (χ2v) is 9.62. The number of aromatic nitrogens is 3. The molecule has 0 saturated carbocycles. The number of amides is 2. The first kappa shape index (κ1) is 23.7. The lowest BCUT2D eigenvalue weighted by Gasteiger charge is -2.43. The summed E-state index contributed by atoms with van der Waals surface area (Å²) in [6.07, 6.45) is 1.04. The van der Waals surface area contributed by atoms with Crippen LogP contribution in [0.25, 0.3) is 11.0 Å². The van der Waals surface area contributed by atoms with Crippen LogP contribution in [0.4, 0.5) is 11.4 Å². The monoisotopic (exact) mass is 481 g/mol. The summed E-state index contributed by atoms with van der Waals surface area (Å²) in [5.41, 5.74) is 4.86. The fraction of sp³-hybridized carbons (Fsp3) is 0.310. The van der Waals surface area contributed by atoms with Crippen LogP contribution in [-0.4, -0.2) is 32.9 Å². The normalized spacial score (nSPS) is 17.3. The van der Waals surface area contributed by atoms with Crippen LogP contribution in [0.15, 0.2) is 72.8 Å². The molecule has 1 unspecified atom stereocenters. The highest BCUT2D eigenvalue weighted by Crippen LogP contribution is 2.43. The minimum Gasteiger partial charge on any atom is -0.305 e. The molecule has 7 nitrogen and oxygen atoms in total. The molecule has 4 aromatic rings. The molecule has 0 N–H and O–H groups in total. The van der Waals surface area contributed by atoms with E-state index in [0.717, 1.165) is 22.5 Å². The SMILES string of the molecule is CCC(=O)N(c1ccccc1)[C@H]1CC(C)N(C(=O)c2ccc3c(c2)nnn3C(C)C)c2ccccc21. The van der Waals surface area contributed by atoms with E-state index in [4.69, 9.17) is 0 Å². The van der Waals surface area contributed by atoms with Gasteiger partial charge in [-0.15, -0.1) is 5.10 Å². The van der Waals surface area contributed by atoms with Crippen molar-refractivity contribution in [3.63, 3.8) is 0 Å². The number of rotatable bonds is 5. The molecule has 2 amide bonds. The van der Waals surface area contributed by atoms with Gasteiger partial charge in [-0.2, -0.15) is 0 Å². The lowest BCUT2D eigenvalue weighted by atomic mass is 9.89. The molecule has 7 heteroatoms. The number of hydrogen-bond donors (Lipinski definition) is 0. The smallest absolute Gasteiger partial charge is 0.258 e. The standard InChI is InChI=1S/C29H31N5O2/c1-5-28(35)33(22-11-7-6-8-12-22)27-17-20(4)32(25-14-10-9-13-23(25)27)29(36)21-15-16-26-24(18-21)30-31-34(26)19(2)3/h6-16,18-20,27H,5,17H2,1-4H3/t20?,27-/m0/s1. The minimum absolute atomic E-state index is 0.0617. The molecule has 0 spiro atoms. The van der Waals surface area contributed by atoms with Gasteiger partial charge in [-0.3, -0.25) is 9.59 Å². The Kier molecular flexibility index (Phi) is 6.31. The predicted molar refractivity (Wildman–Crippen MR) is 142 cm³/mol. The Labute approximate surface area is 211 Å². The average molecular weight is 482 g/mol. The highest BCUT2D eigenvalue weighted by atomic mass is 16.2. The average Bonchev–Trinajstić information content (AvgIpc) is 3.33. The number of nitrogens with zero attached hydrogens (tertiary/aromatic N) is 5. The quantitative estimate of drug-likeness (QED) is 0.354. The summed E-state index contributed by atoms with van der Waals surface area (Å²) in [6, 6.07) is 23.2. The van der Waals surface area contributed by atoms with Crippen molar-refractivity contribution in [2.45, 2.75) is 58.7 Å². The highest BCUT2D eigenvalue weighted by Gasteiger charge is 2.38. The van der Waals surface area contributed by atoms with Crippen molar-refractivity contribution in [2.24, 2.45) is 0 Å². The first-order chi connectivity index (χ1) is 17.4. The lowest BCUT2D eigenvalue weighted by molar-refractivity contribution is -0.118. The first-order valence-corrected chi connectivity index (χ1v) is 12.5. The minimum atomic E-state index is -0.163. The summed E-state index contributed by atoms with van der Waals surface area (Å²) in [5, 5.41) is 8.53. The Bertz CT molecular complexity index is 1410. The maximum Gasteiger partial charge on any atom is 0.258 e. The number of para-hydroxylation sites is 2. The molecule has 1 aliphatic heterocycles. The Morgan fingerprint density at radius 1 is 1.03 bits per heavy atom. The molecule has 1 aromatic heterocycles. The van der Waals surface area contributed by atoms with Gasteiger partial charge in [0.1, 0.15) is 5.52 Å². The first-order valence-electron chi connectivity index (χ1n) is 12.5. The summed E-state index contributed by atoms with van der Waals surface area (Å²) in [5.74, 6) is -0.0193. The summed E-state index contributed by atoms with van der Waals surface area (Å²) in [4.78, 5) is 30.8. The van der Waals surface area contributed by atoms with E-state index >= 15 is 0 Å². The van der Waals surface area contributed by atoms with E-state index in [0.29, 0.717) is 23.9 Å². The molecule has 1 aliphatic rings. The largest absolute Gasteiger partial charge is 0.305 e. The number of carbonyl (C=O) groups is 2. The molecule has 5 rings (SSSR count). The van der Waals surface area contributed by atoms with E-state index in [2.05, 4.69) is 24.2 Å². The van der Waals surface area contributed by atoms with Crippen molar-refractivity contribution in [3.8, 4) is 0 Å². The van der Waals surface area contributed by atoms with Gasteiger partial charge in [-0.05, 0) is 69.2 Å². The molecule has 36 heavy (non-hydrogen) atoms. The number of benzene rings is 3. The van der Waals surface area contributed by atoms with Crippen molar-refractivity contribution >= 4 is 34.2 Å². The molecule has 0 saturated heterocycles. The van der Waals surface area contributed by atoms with Gasteiger partial charge in [-0.1, -0.05) is 48.5 Å². The van der Waals surface area contributed by atoms with Crippen LogP contribution in [-0.2, 0) is 4.79 Å². The molecule has 0 fully saturated rings. The summed E-state index contributed by atoms with van der Waals surface area (Å²) < 4.78 is 1.86. The molecule has 0 bridgehead atoms. The van der Waals surface area contributed by atoms with Crippen LogP contribution in [0.5, 0.6) is 0 Å². The van der Waals surface area contributed by atoms with Crippen molar-refractivity contribution in [1.29, 1.82) is 0 Å². The van der Waals surface area contributed by atoms with Crippen molar-refractivity contribution < 1.29 is 9.59 Å². The summed E-state index contributed by atoms with van der Waals surface area (Å²) in [6.45, 7) is 8.04. The second kappa shape index (κ2) is 9.57. The maximum absolute atomic E-state index is 13.9. The van der Waals surface area contributed by atoms with E-state index in [-0.39, 0.29) is 29.9 Å². The topological polar surface area (TPSA) is 71.3 Å². The molecular formula is C29H31N5O2. The fourth-order valence-electron chi connectivity index (χ4n) is 5.19. The lowest BCUT2D eigenvalue weighted by Crippen LogP contribution is -2.47. The van der Waals surface area contributed by atoms with Crippen LogP contribution in [0.3, 0.4) is 0 Å². The zero-order chi connectivity index (χ0) is 25.4. The predicted octanol–water partition coefficient (Wildman–Crippen LogP) is 5.94. The van der Waals surface area contributed by atoms with Gasteiger partial charge in [-0.25, -0.2) is 4.68 Å². The molecular weight excluding hydrogens is 450 g/mol. The van der Waals surface area contributed by atoms with E-state index in [1.165, 1.54) is 0 Å². The third kappa shape index (κ3) is 4.04. The van der Waals surface area contributed by atoms with Gasteiger partial charge < -0.3 is 9.80 Å².